The van der Waals surface area contributed by atoms with E-state index >= 15 is 0 Å². The van der Waals surface area contributed by atoms with Gasteiger partial charge in [-0.1, -0.05) is 74.9 Å². The van der Waals surface area contributed by atoms with Gasteiger partial charge in [0.05, 0.1) is 0 Å². The molecule has 13 atom stereocenters. The lowest BCUT2D eigenvalue weighted by molar-refractivity contribution is -0.155. The lowest BCUT2D eigenvalue weighted by Crippen LogP contribution is -2.57. The lowest BCUT2D eigenvalue weighted by Gasteiger charge is -2.65. The van der Waals surface area contributed by atoms with Crippen LogP contribution in [-0.2, 0) is 0 Å². The molecule has 10 rings (SSSR count). The highest BCUT2D eigenvalue weighted by Gasteiger charge is 2.59. The van der Waals surface area contributed by atoms with E-state index in [2.05, 4.69) is 42.5 Å². The number of benzene rings is 2. The molecule has 2 aromatic carbocycles. The maximum atomic E-state index is 6.65. The molecule has 0 N–H and O–H groups in total. The number of hydrogen-bond donors (Lipinski definition) is 0. The van der Waals surface area contributed by atoms with E-state index in [1.165, 1.54) is 61.3 Å². The van der Waals surface area contributed by atoms with Crippen LogP contribution in [0, 0.1) is 71.0 Å². The van der Waals surface area contributed by atoms with Gasteiger partial charge in [0.15, 0.2) is 0 Å². The minimum Gasteiger partial charge on any atom is -0.456 e. The summed E-state index contributed by atoms with van der Waals surface area (Å²) < 4.78 is 6.65. The molecule has 0 amide bonds. The first-order chi connectivity index (χ1) is 21.3. The Morgan fingerprint density at radius 2 is 0.860 bits per heavy atom. The summed E-state index contributed by atoms with van der Waals surface area (Å²) in [5.41, 5.74) is 3.82. The van der Waals surface area contributed by atoms with Crippen molar-refractivity contribution in [3.63, 3.8) is 0 Å². The fourth-order valence-electron chi connectivity index (χ4n) is 14.7. The standard InChI is InChI=1S/C42H54O/c1-4-13-30-27(10-1)28-11-2-5-14-31(28)38-24-40-36-22-25(26-17-9-18-35-34-16-7-8-19-41(34)43-42(26)35)20-21-33(36)29-12-3-6-15-32(29)39(40)23-37(30)38/h7-9,16-19,25,27-33,36-40H,1-6,10-15,20-24H2. The minimum atomic E-state index is 0.681. The quantitative estimate of drug-likeness (QED) is 0.282. The number of fused-ring (bicyclic) bond motifs is 15. The molecule has 7 aliphatic rings. The molecule has 13 unspecified atom stereocenters. The molecule has 7 saturated carbocycles. The van der Waals surface area contributed by atoms with E-state index < -0.39 is 0 Å². The van der Waals surface area contributed by atoms with Crippen LogP contribution in [0.5, 0.6) is 0 Å². The van der Waals surface area contributed by atoms with E-state index in [1.807, 2.05) is 0 Å². The summed E-state index contributed by atoms with van der Waals surface area (Å²) in [5, 5.41) is 2.65. The van der Waals surface area contributed by atoms with Crippen molar-refractivity contribution in [3.05, 3.63) is 48.0 Å². The van der Waals surface area contributed by atoms with E-state index in [0.717, 1.165) is 76.6 Å². The smallest absolute Gasteiger partial charge is 0.138 e. The fourth-order valence-corrected chi connectivity index (χ4v) is 14.7. The van der Waals surface area contributed by atoms with Crippen LogP contribution in [0.1, 0.15) is 121 Å². The average molecular weight is 575 g/mol. The van der Waals surface area contributed by atoms with Gasteiger partial charge >= 0.3 is 0 Å². The van der Waals surface area contributed by atoms with Crippen molar-refractivity contribution in [2.24, 2.45) is 71.0 Å². The zero-order chi connectivity index (χ0) is 28.1. The topological polar surface area (TPSA) is 13.1 Å². The summed E-state index contributed by atoms with van der Waals surface area (Å²) in [5.74, 6) is 13.4. The summed E-state index contributed by atoms with van der Waals surface area (Å²) in [6, 6.07) is 15.8. The molecule has 0 saturated heterocycles. The van der Waals surface area contributed by atoms with E-state index in [1.54, 1.807) is 69.8 Å². The summed E-state index contributed by atoms with van der Waals surface area (Å²) in [6.07, 6.45) is 26.3. The van der Waals surface area contributed by atoms with Crippen molar-refractivity contribution < 1.29 is 4.42 Å². The first-order valence-corrected chi connectivity index (χ1v) is 19.2. The molecule has 1 heterocycles. The molecule has 0 bridgehead atoms. The molecule has 43 heavy (non-hydrogen) atoms. The molecule has 228 valence electrons. The first kappa shape index (κ1) is 26.5. The molecule has 1 aromatic heterocycles. The van der Waals surface area contributed by atoms with Gasteiger partial charge in [0.1, 0.15) is 11.2 Å². The summed E-state index contributed by atoms with van der Waals surface area (Å²) in [7, 11) is 0. The van der Waals surface area contributed by atoms with Crippen molar-refractivity contribution in [2.45, 2.75) is 115 Å². The summed E-state index contributed by atoms with van der Waals surface area (Å²) in [4.78, 5) is 0. The Balaban J connectivity index is 1.02. The van der Waals surface area contributed by atoms with Gasteiger partial charge in [0.25, 0.3) is 0 Å². The Kier molecular flexibility index (Phi) is 6.39. The van der Waals surface area contributed by atoms with Crippen LogP contribution in [-0.4, -0.2) is 0 Å². The SMILES string of the molecule is c1ccc2c(c1)oc1c(C3CCC4C5CCCCC5C5CC6C7CCCCC7C7CCCCC7C6CC5C4C3)cccc12. The lowest BCUT2D eigenvalue weighted by atomic mass is 9.40. The van der Waals surface area contributed by atoms with Gasteiger partial charge < -0.3 is 4.42 Å². The van der Waals surface area contributed by atoms with Crippen molar-refractivity contribution >= 4 is 21.9 Å². The maximum absolute atomic E-state index is 6.65. The first-order valence-electron chi connectivity index (χ1n) is 19.2. The second kappa shape index (κ2) is 10.4. The van der Waals surface area contributed by atoms with Gasteiger partial charge in [0.2, 0.25) is 0 Å². The highest BCUT2D eigenvalue weighted by atomic mass is 16.3. The van der Waals surface area contributed by atoms with Gasteiger partial charge in [-0.05, 0) is 159 Å². The van der Waals surface area contributed by atoms with Gasteiger partial charge in [-0.3, -0.25) is 0 Å². The second-order valence-electron chi connectivity index (χ2n) is 17.1. The Labute approximate surface area is 259 Å². The third-order valence-corrected chi connectivity index (χ3v) is 15.9. The highest BCUT2D eigenvalue weighted by molar-refractivity contribution is 6.05. The molecule has 7 aliphatic carbocycles. The predicted octanol–water partition coefficient (Wildman–Crippen LogP) is 11.8. The number of furan rings is 1. The van der Waals surface area contributed by atoms with Gasteiger partial charge in [-0.15, -0.1) is 0 Å². The van der Waals surface area contributed by atoms with Gasteiger partial charge in [-0.25, -0.2) is 0 Å². The largest absolute Gasteiger partial charge is 0.456 e. The molecule has 1 heteroatoms. The van der Waals surface area contributed by atoms with Crippen LogP contribution in [0.25, 0.3) is 21.9 Å². The molecular weight excluding hydrogens is 520 g/mol. The summed E-state index contributed by atoms with van der Waals surface area (Å²) >= 11 is 0. The van der Waals surface area contributed by atoms with Gasteiger partial charge in [-0.2, -0.15) is 0 Å². The minimum absolute atomic E-state index is 0.681. The van der Waals surface area contributed by atoms with Crippen molar-refractivity contribution in [3.8, 4) is 0 Å². The number of rotatable bonds is 1. The fraction of sp³-hybridized carbons (Fsp3) is 0.714. The Morgan fingerprint density at radius 1 is 0.395 bits per heavy atom. The Morgan fingerprint density at radius 3 is 1.47 bits per heavy atom. The zero-order valence-electron chi connectivity index (χ0n) is 26.5. The maximum Gasteiger partial charge on any atom is 0.138 e. The zero-order valence-corrected chi connectivity index (χ0v) is 26.5. The molecule has 0 radical (unpaired) electrons. The Bertz CT molecular complexity index is 1480. The molecular formula is C42H54O. The highest BCUT2D eigenvalue weighted by Crippen LogP contribution is 2.67. The van der Waals surface area contributed by atoms with Crippen LogP contribution in [0.4, 0.5) is 0 Å². The number of para-hydroxylation sites is 2. The van der Waals surface area contributed by atoms with E-state index in [-0.39, 0.29) is 0 Å². The average Bonchev–Trinajstić information content (AvgIpc) is 3.47. The van der Waals surface area contributed by atoms with Crippen LogP contribution >= 0.6 is 0 Å². The van der Waals surface area contributed by atoms with Crippen molar-refractivity contribution in [1.29, 1.82) is 0 Å². The van der Waals surface area contributed by atoms with Crippen LogP contribution in [0.15, 0.2) is 46.9 Å². The van der Waals surface area contributed by atoms with Crippen LogP contribution in [0.2, 0.25) is 0 Å². The van der Waals surface area contributed by atoms with Crippen molar-refractivity contribution in [1.82, 2.24) is 0 Å². The molecule has 0 aliphatic heterocycles. The number of hydrogen-bond acceptors (Lipinski definition) is 1. The molecule has 3 aromatic rings. The molecule has 1 nitrogen and oxygen atoms in total. The monoisotopic (exact) mass is 574 g/mol. The summed E-state index contributed by atoms with van der Waals surface area (Å²) in [6.45, 7) is 0. The van der Waals surface area contributed by atoms with E-state index in [4.69, 9.17) is 4.42 Å². The molecule has 0 spiro atoms. The predicted molar refractivity (Wildman–Crippen MR) is 177 cm³/mol. The van der Waals surface area contributed by atoms with E-state index in [9.17, 15) is 0 Å². The third kappa shape index (κ3) is 4.00. The second-order valence-corrected chi connectivity index (χ2v) is 17.1. The van der Waals surface area contributed by atoms with Crippen LogP contribution < -0.4 is 0 Å². The van der Waals surface area contributed by atoms with E-state index in [0.29, 0.717) is 5.92 Å². The normalized spacial score (nSPS) is 45.7. The van der Waals surface area contributed by atoms with Crippen LogP contribution in [0.3, 0.4) is 0 Å². The van der Waals surface area contributed by atoms with Gasteiger partial charge in [0, 0.05) is 10.8 Å². The molecule has 7 fully saturated rings. The third-order valence-electron chi connectivity index (χ3n) is 15.9. The van der Waals surface area contributed by atoms with Crippen molar-refractivity contribution in [2.75, 3.05) is 0 Å². The Hall–Kier alpha value is -1.76.